The number of rotatable bonds is 6. The Morgan fingerprint density at radius 2 is 1.81 bits per heavy atom. The highest BCUT2D eigenvalue weighted by atomic mass is 32.2. The van der Waals surface area contributed by atoms with Gasteiger partial charge < -0.3 is 10.6 Å². The number of halogens is 1. The van der Waals surface area contributed by atoms with Crippen LogP contribution in [0.4, 0.5) is 15.2 Å². The van der Waals surface area contributed by atoms with E-state index in [1.165, 1.54) is 23.5 Å². The predicted octanol–water partition coefficient (Wildman–Crippen LogP) is 4.36. The SMILES string of the molecule is Cc1cc(C)c2nc(NC(=O)CSCC(=O)Nc3ccccc3F)sc2c1. The van der Waals surface area contributed by atoms with Crippen molar-refractivity contribution in [1.82, 2.24) is 4.98 Å². The standard InChI is InChI=1S/C19H18FN3O2S2/c1-11-7-12(2)18-15(8-11)27-19(23-18)22-17(25)10-26-9-16(24)21-14-6-4-3-5-13(14)20/h3-8H,9-10H2,1-2H3,(H,21,24)(H,22,23,25). The molecule has 27 heavy (non-hydrogen) atoms. The topological polar surface area (TPSA) is 71.1 Å². The molecular weight excluding hydrogens is 385 g/mol. The molecule has 0 radical (unpaired) electrons. The summed E-state index contributed by atoms with van der Waals surface area (Å²) >= 11 is 2.58. The summed E-state index contributed by atoms with van der Waals surface area (Å²) in [4.78, 5) is 28.4. The Morgan fingerprint density at radius 1 is 1.11 bits per heavy atom. The Morgan fingerprint density at radius 3 is 2.56 bits per heavy atom. The molecule has 0 saturated heterocycles. The van der Waals surface area contributed by atoms with Crippen molar-refractivity contribution in [3.8, 4) is 0 Å². The molecule has 1 aromatic heterocycles. The van der Waals surface area contributed by atoms with Crippen LogP contribution in [-0.4, -0.2) is 28.3 Å². The minimum atomic E-state index is -0.491. The van der Waals surface area contributed by atoms with E-state index in [2.05, 4.69) is 21.7 Å². The number of nitrogens with zero attached hydrogens (tertiary/aromatic N) is 1. The van der Waals surface area contributed by atoms with Crippen LogP contribution in [0.2, 0.25) is 0 Å². The summed E-state index contributed by atoms with van der Waals surface area (Å²) in [7, 11) is 0. The number of amides is 2. The number of hydrogen-bond acceptors (Lipinski definition) is 5. The van der Waals surface area contributed by atoms with Gasteiger partial charge in [0.1, 0.15) is 5.82 Å². The Labute approximate surface area is 164 Å². The van der Waals surface area contributed by atoms with E-state index < -0.39 is 5.82 Å². The molecule has 5 nitrogen and oxygen atoms in total. The first-order valence-electron chi connectivity index (χ1n) is 8.22. The van der Waals surface area contributed by atoms with Gasteiger partial charge in [-0.1, -0.05) is 29.5 Å². The minimum absolute atomic E-state index is 0.0555. The smallest absolute Gasteiger partial charge is 0.236 e. The van der Waals surface area contributed by atoms with Crippen LogP contribution < -0.4 is 10.6 Å². The van der Waals surface area contributed by atoms with E-state index in [9.17, 15) is 14.0 Å². The Bertz CT molecular complexity index is 1000. The van der Waals surface area contributed by atoms with E-state index in [4.69, 9.17) is 0 Å². The number of hydrogen-bond donors (Lipinski definition) is 2. The summed E-state index contributed by atoms with van der Waals surface area (Å²) in [6.07, 6.45) is 0. The van der Waals surface area contributed by atoms with E-state index in [-0.39, 0.29) is 29.0 Å². The average Bonchev–Trinajstić information content (AvgIpc) is 2.99. The van der Waals surface area contributed by atoms with Crippen LogP contribution in [-0.2, 0) is 9.59 Å². The summed E-state index contributed by atoms with van der Waals surface area (Å²) in [6.45, 7) is 4.01. The third kappa shape index (κ3) is 5.05. The highest BCUT2D eigenvalue weighted by Gasteiger charge is 2.12. The van der Waals surface area contributed by atoms with Crippen LogP contribution in [0.25, 0.3) is 10.2 Å². The zero-order valence-electron chi connectivity index (χ0n) is 14.8. The summed E-state index contributed by atoms with van der Waals surface area (Å²) in [5.41, 5.74) is 3.24. The highest BCUT2D eigenvalue weighted by Crippen LogP contribution is 2.29. The van der Waals surface area contributed by atoms with Crippen molar-refractivity contribution in [3.05, 3.63) is 53.3 Å². The predicted molar refractivity (Wildman–Crippen MR) is 110 cm³/mol. The number of carbonyl (C=O) groups excluding carboxylic acids is 2. The van der Waals surface area contributed by atoms with Gasteiger partial charge in [0.05, 0.1) is 27.4 Å². The van der Waals surface area contributed by atoms with Gasteiger partial charge in [0.2, 0.25) is 11.8 Å². The van der Waals surface area contributed by atoms with Crippen LogP contribution in [0.1, 0.15) is 11.1 Å². The quantitative estimate of drug-likeness (QED) is 0.641. The molecule has 2 N–H and O–H groups in total. The molecule has 0 atom stereocenters. The second-order valence-corrected chi connectivity index (χ2v) is 8.03. The molecule has 140 valence electrons. The summed E-state index contributed by atoms with van der Waals surface area (Å²) in [5, 5.41) is 5.79. The first-order chi connectivity index (χ1) is 12.9. The Balaban J connectivity index is 1.49. The molecular formula is C19H18FN3O2S2. The molecule has 2 aromatic carbocycles. The third-order valence-corrected chi connectivity index (χ3v) is 5.54. The maximum atomic E-state index is 13.5. The largest absolute Gasteiger partial charge is 0.323 e. The van der Waals surface area contributed by atoms with Crippen LogP contribution >= 0.6 is 23.1 Å². The fourth-order valence-corrected chi connectivity index (χ4v) is 4.24. The van der Waals surface area contributed by atoms with Crippen molar-refractivity contribution < 1.29 is 14.0 Å². The maximum absolute atomic E-state index is 13.5. The Kier molecular flexibility index (Phi) is 6.08. The van der Waals surface area contributed by atoms with Crippen molar-refractivity contribution >= 4 is 55.9 Å². The molecule has 3 aromatic rings. The molecule has 0 saturated carbocycles. The van der Waals surface area contributed by atoms with E-state index in [0.29, 0.717) is 5.13 Å². The van der Waals surface area contributed by atoms with Crippen LogP contribution in [0.5, 0.6) is 0 Å². The van der Waals surface area contributed by atoms with E-state index in [1.54, 1.807) is 12.1 Å². The second kappa shape index (κ2) is 8.49. The summed E-state index contributed by atoms with van der Waals surface area (Å²) in [5.74, 6) is -0.913. The number of benzene rings is 2. The lowest BCUT2D eigenvalue weighted by molar-refractivity contribution is -0.114. The monoisotopic (exact) mass is 403 g/mol. The fraction of sp³-hybridized carbons (Fsp3) is 0.211. The number of aryl methyl sites for hydroxylation is 2. The highest BCUT2D eigenvalue weighted by molar-refractivity contribution is 8.00. The van der Waals surface area contributed by atoms with Crippen molar-refractivity contribution in [3.63, 3.8) is 0 Å². The third-order valence-electron chi connectivity index (χ3n) is 3.69. The van der Waals surface area contributed by atoms with Crippen LogP contribution in [0.15, 0.2) is 36.4 Å². The van der Waals surface area contributed by atoms with Crippen molar-refractivity contribution in [2.75, 3.05) is 22.1 Å². The van der Waals surface area contributed by atoms with E-state index >= 15 is 0 Å². The lowest BCUT2D eigenvalue weighted by atomic mass is 10.1. The van der Waals surface area contributed by atoms with Gasteiger partial charge >= 0.3 is 0 Å². The molecule has 0 aliphatic heterocycles. The number of anilines is 2. The Hall–Kier alpha value is -2.45. The molecule has 0 bridgehead atoms. The molecule has 0 spiro atoms. The molecule has 2 amide bonds. The van der Waals surface area contributed by atoms with Crippen LogP contribution in [0.3, 0.4) is 0 Å². The molecule has 8 heteroatoms. The van der Waals surface area contributed by atoms with Crippen LogP contribution in [0, 0.1) is 19.7 Å². The summed E-state index contributed by atoms with van der Waals surface area (Å²) < 4.78 is 14.5. The average molecular weight is 404 g/mol. The zero-order valence-corrected chi connectivity index (χ0v) is 16.5. The number of fused-ring (bicyclic) bond motifs is 1. The molecule has 0 unspecified atom stereocenters. The first-order valence-corrected chi connectivity index (χ1v) is 10.2. The number of thiazole rings is 1. The number of carbonyl (C=O) groups is 2. The fourth-order valence-electron chi connectivity index (χ4n) is 2.56. The van der Waals surface area contributed by atoms with E-state index in [1.807, 2.05) is 19.9 Å². The van der Waals surface area contributed by atoms with Gasteiger partial charge in [-0.3, -0.25) is 9.59 Å². The summed E-state index contributed by atoms with van der Waals surface area (Å²) in [6, 6.07) is 10.0. The number of aromatic nitrogens is 1. The molecule has 0 fully saturated rings. The van der Waals surface area contributed by atoms with Gasteiger partial charge in [-0.25, -0.2) is 9.37 Å². The molecule has 0 aliphatic carbocycles. The lowest BCUT2D eigenvalue weighted by Gasteiger charge is -2.06. The molecule has 3 rings (SSSR count). The van der Waals surface area contributed by atoms with Gasteiger partial charge in [-0.15, -0.1) is 11.8 Å². The molecule has 0 aliphatic rings. The van der Waals surface area contributed by atoms with Gasteiger partial charge in [0, 0.05) is 0 Å². The van der Waals surface area contributed by atoms with Gasteiger partial charge in [0.25, 0.3) is 0 Å². The number of thioether (sulfide) groups is 1. The van der Waals surface area contributed by atoms with E-state index in [0.717, 1.165) is 33.1 Å². The normalized spacial score (nSPS) is 10.8. The lowest BCUT2D eigenvalue weighted by Crippen LogP contribution is -2.18. The van der Waals surface area contributed by atoms with Crippen molar-refractivity contribution in [2.45, 2.75) is 13.8 Å². The van der Waals surface area contributed by atoms with Crippen molar-refractivity contribution in [2.24, 2.45) is 0 Å². The zero-order chi connectivity index (χ0) is 19.4. The maximum Gasteiger partial charge on any atom is 0.236 e. The number of para-hydroxylation sites is 1. The first kappa shape index (κ1) is 19.3. The molecule has 1 heterocycles. The van der Waals surface area contributed by atoms with Gasteiger partial charge in [-0.2, -0.15) is 0 Å². The van der Waals surface area contributed by atoms with Gasteiger partial charge in [-0.05, 0) is 43.2 Å². The van der Waals surface area contributed by atoms with Crippen molar-refractivity contribution in [1.29, 1.82) is 0 Å². The second-order valence-electron chi connectivity index (χ2n) is 6.02. The number of nitrogens with one attached hydrogen (secondary N) is 2. The minimum Gasteiger partial charge on any atom is -0.323 e. The van der Waals surface area contributed by atoms with Gasteiger partial charge in [0.15, 0.2) is 5.13 Å².